The Hall–Kier alpha value is -0.860. The van der Waals surface area contributed by atoms with Gasteiger partial charge in [-0.05, 0) is 25.3 Å². The molecule has 0 atom stereocenters. The molecule has 1 aromatic rings. The van der Waals surface area contributed by atoms with Gasteiger partial charge in [0.25, 0.3) is 0 Å². The van der Waals surface area contributed by atoms with E-state index in [2.05, 4.69) is 49.9 Å². The maximum absolute atomic E-state index is 5.71. The topological polar surface area (TPSA) is 29.3 Å². The van der Waals surface area contributed by atoms with Gasteiger partial charge in [-0.3, -0.25) is 4.90 Å². The van der Waals surface area contributed by atoms with Crippen LogP contribution in [0, 0.1) is 6.92 Å². The van der Waals surface area contributed by atoms with Crippen LogP contribution in [0.25, 0.3) is 0 Å². The van der Waals surface area contributed by atoms with Crippen molar-refractivity contribution < 1.29 is 0 Å². The highest BCUT2D eigenvalue weighted by molar-refractivity contribution is 5.21. The number of aryl methyl sites for hydroxylation is 1. The third kappa shape index (κ3) is 4.49. The summed E-state index contributed by atoms with van der Waals surface area (Å²) in [5.74, 6) is 0. The predicted molar refractivity (Wildman–Crippen MR) is 75.0 cm³/mol. The molecule has 2 N–H and O–H groups in total. The van der Waals surface area contributed by atoms with Crippen molar-refractivity contribution in [1.29, 1.82) is 0 Å². The lowest BCUT2D eigenvalue weighted by Gasteiger charge is -2.30. The number of nitrogens with zero attached hydrogens (tertiary/aromatic N) is 1. The third-order valence-electron chi connectivity index (χ3n) is 3.38. The number of hydrogen-bond acceptors (Lipinski definition) is 2. The van der Waals surface area contributed by atoms with Gasteiger partial charge < -0.3 is 5.73 Å². The molecule has 0 aliphatic rings. The molecule has 0 bridgehead atoms. The fraction of sp³-hybridized carbons (Fsp3) is 0.600. The Labute approximate surface area is 106 Å². The predicted octanol–water partition coefficient (Wildman–Crippen LogP) is 2.94. The monoisotopic (exact) mass is 234 g/mol. The van der Waals surface area contributed by atoms with E-state index in [9.17, 15) is 0 Å². The van der Waals surface area contributed by atoms with Crippen LogP contribution in [0.2, 0.25) is 0 Å². The minimum atomic E-state index is 0.653. The van der Waals surface area contributed by atoms with Crippen LogP contribution in [-0.4, -0.2) is 24.0 Å². The summed E-state index contributed by atoms with van der Waals surface area (Å²) in [6.45, 7) is 9.38. The fourth-order valence-electron chi connectivity index (χ4n) is 2.29. The van der Waals surface area contributed by atoms with Crippen LogP contribution >= 0.6 is 0 Å². The van der Waals surface area contributed by atoms with E-state index in [0.29, 0.717) is 6.04 Å². The molecular weight excluding hydrogens is 208 g/mol. The first kappa shape index (κ1) is 14.2. The van der Waals surface area contributed by atoms with Crippen molar-refractivity contribution in [3.63, 3.8) is 0 Å². The van der Waals surface area contributed by atoms with Crippen molar-refractivity contribution in [1.82, 2.24) is 4.90 Å². The Bertz CT molecular complexity index is 301. The summed E-state index contributed by atoms with van der Waals surface area (Å²) in [4.78, 5) is 2.50. The molecule has 1 rings (SSSR count). The number of hydrogen-bond donors (Lipinski definition) is 1. The van der Waals surface area contributed by atoms with E-state index in [1.165, 1.54) is 24.0 Å². The van der Waals surface area contributed by atoms with Crippen molar-refractivity contribution in [3.05, 3.63) is 35.4 Å². The molecule has 17 heavy (non-hydrogen) atoms. The fourth-order valence-corrected chi connectivity index (χ4v) is 2.29. The molecule has 0 saturated heterocycles. The van der Waals surface area contributed by atoms with E-state index < -0.39 is 0 Å². The van der Waals surface area contributed by atoms with Crippen LogP contribution in [0.4, 0.5) is 0 Å². The highest BCUT2D eigenvalue weighted by Gasteiger charge is 2.14. The third-order valence-corrected chi connectivity index (χ3v) is 3.38. The summed E-state index contributed by atoms with van der Waals surface area (Å²) in [5, 5.41) is 0. The molecule has 0 aliphatic heterocycles. The van der Waals surface area contributed by atoms with Crippen LogP contribution in [-0.2, 0) is 6.54 Å². The van der Waals surface area contributed by atoms with Gasteiger partial charge in [0.15, 0.2) is 0 Å². The van der Waals surface area contributed by atoms with Gasteiger partial charge in [-0.15, -0.1) is 0 Å². The molecule has 0 amide bonds. The lowest BCUT2D eigenvalue weighted by Crippen LogP contribution is -2.37. The average Bonchev–Trinajstić information content (AvgIpc) is 2.34. The van der Waals surface area contributed by atoms with E-state index in [1.807, 2.05) is 0 Å². The van der Waals surface area contributed by atoms with Crippen LogP contribution in [0.15, 0.2) is 24.3 Å². The molecule has 0 aromatic heterocycles. The zero-order chi connectivity index (χ0) is 12.7. The van der Waals surface area contributed by atoms with Gasteiger partial charge >= 0.3 is 0 Å². The Morgan fingerprint density at radius 3 is 2.18 bits per heavy atom. The second-order valence-corrected chi connectivity index (χ2v) is 4.72. The van der Waals surface area contributed by atoms with Crippen molar-refractivity contribution >= 4 is 0 Å². The standard InChI is InChI=1S/C15H26N2/c1-4-15(5-2)17(11-10-16)12-14-8-6-13(3)7-9-14/h6-9,15H,4-5,10-12,16H2,1-3H3. The molecule has 96 valence electrons. The Morgan fingerprint density at radius 2 is 1.71 bits per heavy atom. The molecule has 0 radical (unpaired) electrons. The average molecular weight is 234 g/mol. The summed E-state index contributed by atoms with van der Waals surface area (Å²) in [5.41, 5.74) is 8.42. The molecule has 1 aromatic carbocycles. The zero-order valence-corrected chi connectivity index (χ0v) is 11.4. The van der Waals surface area contributed by atoms with E-state index >= 15 is 0 Å². The summed E-state index contributed by atoms with van der Waals surface area (Å²) < 4.78 is 0. The SMILES string of the molecule is CCC(CC)N(CCN)Cc1ccc(C)cc1. The number of nitrogens with two attached hydrogens (primary N) is 1. The normalized spacial score (nSPS) is 11.4. The number of benzene rings is 1. The van der Waals surface area contributed by atoms with Crippen LogP contribution < -0.4 is 5.73 Å². The van der Waals surface area contributed by atoms with Gasteiger partial charge in [-0.1, -0.05) is 43.7 Å². The molecule has 0 unspecified atom stereocenters. The lowest BCUT2D eigenvalue weighted by atomic mass is 10.1. The van der Waals surface area contributed by atoms with E-state index in [1.54, 1.807) is 0 Å². The molecule has 0 saturated carbocycles. The Morgan fingerprint density at radius 1 is 1.12 bits per heavy atom. The number of rotatable bonds is 7. The van der Waals surface area contributed by atoms with Gasteiger partial charge in [0.05, 0.1) is 0 Å². The molecule has 0 spiro atoms. The maximum Gasteiger partial charge on any atom is 0.0237 e. The first-order chi connectivity index (χ1) is 8.21. The molecule has 2 heteroatoms. The summed E-state index contributed by atoms with van der Waals surface area (Å²) >= 11 is 0. The van der Waals surface area contributed by atoms with Crippen LogP contribution in [0.1, 0.15) is 37.8 Å². The second-order valence-electron chi connectivity index (χ2n) is 4.72. The second kappa shape index (κ2) is 7.46. The van der Waals surface area contributed by atoms with Crippen LogP contribution in [0.5, 0.6) is 0 Å². The minimum Gasteiger partial charge on any atom is -0.329 e. The highest BCUT2D eigenvalue weighted by atomic mass is 15.2. The minimum absolute atomic E-state index is 0.653. The van der Waals surface area contributed by atoms with Crippen molar-refractivity contribution in [3.8, 4) is 0 Å². The molecule has 0 heterocycles. The van der Waals surface area contributed by atoms with Crippen molar-refractivity contribution in [2.45, 2.75) is 46.2 Å². The first-order valence-corrected chi connectivity index (χ1v) is 6.70. The quantitative estimate of drug-likeness (QED) is 0.786. The van der Waals surface area contributed by atoms with Crippen molar-refractivity contribution in [2.24, 2.45) is 5.73 Å². The van der Waals surface area contributed by atoms with Gasteiger partial charge in [0.1, 0.15) is 0 Å². The molecular formula is C15H26N2. The highest BCUT2D eigenvalue weighted by Crippen LogP contribution is 2.13. The van der Waals surface area contributed by atoms with Gasteiger partial charge in [0, 0.05) is 25.7 Å². The van der Waals surface area contributed by atoms with E-state index in [0.717, 1.165) is 19.6 Å². The van der Waals surface area contributed by atoms with Crippen molar-refractivity contribution in [2.75, 3.05) is 13.1 Å². The molecule has 0 fully saturated rings. The largest absolute Gasteiger partial charge is 0.329 e. The lowest BCUT2D eigenvalue weighted by molar-refractivity contribution is 0.182. The van der Waals surface area contributed by atoms with Crippen LogP contribution in [0.3, 0.4) is 0 Å². The smallest absolute Gasteiger partial charge is 0.0237 e. The van der Waals surface area contributed by atoms with Gasteiger partial charge in [0.2, 0.25) is 0 Å². The summed E-state index contributed by atoms with van der Waals surface area (Å²) in [6, 6.07) is 9.47. The zero-order valence-electron chi connectivity index (χ0n) is 11.4. The molecule has 2 nitrogen and oxygen atoms in total. The maximum atomic E-state index is 5.71. The van der Waals surface area contributed by atoms with E-state index in [4.69, 9.17) is 5.73 Å². The van der Waals surface area contributed by atoms with Gasteiger partial charge in [-0.2, -0.15) is 0 Å². The summed E-state index contributed by atoms with van der Waals surface area (Å²) in [7, 11) is 0. The first-order valence-electron chi connectivity index (χ1n) is 6.70. The Kier molecular flexibility index (Phi) is 6.23. The van der Waals surface area contributed by atoms with Gasteiger partial charge in [-0.25, -0.2) is 0 Å². The molecule has 0 aliphatic carbocycles. The summed E-state index contributed by atoms with van der Waals surface area (Å²) in [6.07, 6.45) is 2.39. The van der Waals surface area contributed by atoms with E-state index in [-0.39, 0.29) is 0 Å². The Balaban J connectivity index is 2.68.